The summed E-state index contributed by atoms with van der Waals surface area (Å²) in [5, 5.41) is 5.11. The average Bonchev–Trinajstić information content (AvgIpc) is 2.57. The third kappa shape index (κ3) is 1.47. The van der Waals surface area contributed by atoms with Gasteiger partial charge in [-0.15, -0.1) is 0 Å². The summed E-state index contributed by atoms with van der Waals surface area (Å²) in [6, 6.07) is 2.11. The monoisotopic (exact) mass is 196 g/mol. The van der Waals surface area contributed by atoms with Crippen LogP contribution in [-0.2, 0) is 0 Å². The van der Waals surface area contributed by atoms with Crippen LogP contribution in [0.25, 0.3) is 5.57 Å². The first kappa shape index (κ1) is 8.09. The van der Waals surface area contributed by atoms with Crippen LogP contribution in [0.1, 0.15) is 18.4 Å². The summed E-state index contributed by atoms with van der Waals surface area (Å²) in [6.07, 6.45) is 6.49. The summed E-state index contributed by atoms with van der Waals surface area (Å²) in [6.45, 7) is 0. The summed E-state index contributed by atoms with van der Waals surface area (Å²) in [5.74, 6) is 0. The standard InChI is InChI=1S/C10H9ClS/c11-10-4-2-1-3-9(10)8-5-6-12-7-8/h3-7H,1-2H2. The summed E-state index contributed by atoms with van der Waals surface area (Å²) < 4.78 is 0. The normalized spacial score (nSPS) is 17.1. The van der Waals surface area contributed by atoms with Crippen LogP contribution in [0.3, 0.4) is 0 Å². The van der Waals surface area contributed by atoms with Gasteiger partial charge in [0.15, 0.2) is 0 Å². The van der Waals surface area contributed by atoms with E-state index in [1.807, 2.05) is 0 Å². The van der Waals surface area contributed by atoms with Crippen LogP contribution in [0.4, 0.5) is 0 Å². The van der Waals surface area contributed by atoms with Crippen molar-refractivity contribution in [3.05, 3.63) is 39.6 Å². The Balaban J connectivity index is 2.35. The number of halogens is 1. The Morgan fingerprint density at radius 3 is 2.75 bits per heavy atom. The average molecular weight is 197 g/mol. The van der Waals surface area contributed by atoms with Crippen LogP contribution >= 0.6 is 22.9 Å². The van der Waals surface area contributed by atoms with Gasteiger partial charge >= 0.3 is 0 Å². The van der Waals surface area contributed by atoms with Crippen molar-refractivity contribution >= 4 is 28.5 Å². The van der Waals surface area contributed by atoms with Gasteiger partial charge in [-0.25, -0.2) is 0 Å². The van der Waals surface area contributed by atoms with Gasteiger partial charge in [0.1, 0.15) is 0 Å². The van der Waals surface area contributed by atoms with Crippen LogP contribution in [-0.4, -0.2) is 0 Å². The van der Waals surface area contributed by atoms with E-state index in [-0.39, 0.29) is 0 Å². The third-order valence-electron chi connectivity index (χ3n) is 1.93. The number of allylic oxidation sites excluding steroid dienone is 4. The molecule has 0 radical (unpaired) electrons. The molecule has 0 bridgehead atoms. The molecule has 0 fully saturated rings. The van der Waals surface area contributed by atoms with Crippen molar-refractivity contribution in [1.29, 1.82) is 0 Å². The second kappa shape index (κ2) is 3.46. The summed E-state index contributed by atoms with van der Waals surface area (Å²) >= 11 is 7.78. The summed E-state index contributed by atoms with van der Waals surface area (Å²) in [4.78, 5) is 0. The molecule has 0 atom stereocenters. The molecule has 2 rings (SSSR count). The molecule has 0 unspecified atom stereocenters. The fourth-order valence-electron chi connectivity index (χ4n) is 1.32. The molecule has 0 saturated carbocycles. The molecule has 1 aliphatic carbocycles. The van der Waals surface area contributed by atoms with Gasteiger partial charge in [-0.2, -0.15) is 11.3 Å². The van der Waals surface area contributed by atoms with Crippen LogP contribution in [0.2, 0.25) is 0 Å². The van der Waals surface area contributed by atoms with Crippen molar-refractivity contribution < 1.29 is 0 Å². The molecule has 1 aliphatic rings. The van der Waals surface area contributed by atoms with Gasteiger partial charge in [0.05, 0.1) is 0 Å². The predicted molar refractivity (Wildman–Crippen MR) is 55.5 cm³/mol. The lowest BCUT2D eigenvalue weighted by Gasteiger charge is -2.08. The Morgan fingerprint density at radius 1 is 1.25 bits per heavy atom. The highest BCUT2D eigenvalue weighted by molar-refractivity contribution is 7.08. The highest BCUT2D eigenvalue weighted by Crippen LogP contribution is 2.31. The minimum Gasteiger partial charge on any atom is -0.152 e. The van der Waals surface area contributed by atoms with Gasteiger partial charge in [0.25, 0.3) is 0 Å². The third-order valence-corrected chi connectivity index (χ3v) is 2.97. The Bertz CT molecular complexity index is 320. The molecule has 0 aromatic carbocycles. The smallest absolute Gasteiger partial charge is 0.0441 e. The molecule has 2 heteroatoms. The quantitative estimate of drug-likeness (QED) is 0.636. The maximum atomic E-state index is 6.07. The molecule has 0 nitrogen and oxygen atoms in total. The first-order valence-electron chi connectivity index (χ1n) is 3.96. The van der Waals surface area contributed by atoms with Gasteiger partial charge in [-0.1, -0.05) is 23.8 Å². The Morgan fingerprint density at radius 2 is 2.08 bits per heavy atom. The predicted octanol–water partition coefficient (Wildman–Crippen LogP) is 4.05. The van der Waals surface area contributed by atoms with Crippen molar-refractivity contribution in [1.82, 2.24) is 0 Å². The van der Waals surface area contributed by atoms with Crippen molar-refractivity contribution in [3.63, 3.8) is 0 Å². The first-order chi connectivity index (χ1) is 5.88. The molecule has 62 valence electrons. The van der Waals surface area contributed by atoms with E-state index < -0.39 is 0 Å². The highest BCUT2D eigenvalue weighted by Gasteiger charge is 2.08. The molecular formula is C10H9ClS. The largest absolute Gasteiger partial charge is 0.152 e. The zero-order valence-corrected chi connectivity index (χ0v) is 8.16. The summed E-state index contributed by atoms with van der Waals surface area (Å²) in [5.41, 5.74) is 2.45. The van der Waals surface area contributed by atoms with Gasteiger partial charge in [0, 0.05) is 5.03 Å². The second-order valence-corrected chi connectivity index (χ2v) is 3.95. The molecular weight excluding hydrogens is 188 g/mol. The first-order valence-corrected chi connectivity index (χ1v) is 5.29. The van der Waals surface area contributed by atoms with E-state index >= 15 is 0 Å². The van der Waals surface area contributed by atoms with E-state index in [4.69, 9.17) is 11.6 Å². The maximum Gasteiger partial charge on any atom is 0.0441 e. The molecule has 1 aromatic rings. The lowest BCUT2D eigenvalue weighted by molar-refractivity contribution is 1.04. The number of hydrogen-bond donors (Lipinski definition) is 0. The van der Waals surface area contributed by atoms with E-state index in [0.29, 0.717) is 0 Å². The van der Waals surface area contributed by atoms with Crippen LogP contribution in [0.15, 0.2) is 34.0 Å². The fraction of sp³-hybridized carbons (Fsp3) is 0.200. The van der Waals surface area contributed by atoms with E-state index in [1.54, 1.807) is 11.3 Å². The van der Waals surface area contributed by atoms with Crippen molar-refractivity contribution in [3.8, 4) is 0 Å². The Hall–Kier alpha value is -0.530. The molecule has 0 saturated heterocycles. The second-order valence-electron chi connectivity index (χ2n) is 2.76. The zero-order valence-electron chi connectivity index (χ0n) is 6.59. The van der Waals surface area contributed by atoms with Crippen molar-refractivity contribution in [2.45, 2.75) is 12.8 Å². The SMILES string of the molecule is ClC1=CCCC=C1c1ccsc1. The highest BCUT2D eigenvalue weighted by atomic mass is 35.5. The minimum absolute atomic E-state index is 0.902. The molecule has 0 amide bonds. The lowest BCUT2D eigenvalue weighted by atomic mass is 10.0. The fourth-order valence-corrected chi connectivity index (χ4v) is 2.27. The minimum atomic E-state index is 0.902. The van der Waals surface area contributed by atoms with E-state index in [1.165, 1.54) is 11.1 Å². The van der Waals surface area contributed by atoms with E-state index in [9.17, 15) is 0 Å². The number of rotatable bonds is 1. The molecule has 0 spiro atoms. The van der Waals surface area contributed by atoms with Gasteiger partial charge in [-0.3, -0.25) is 0 Å². The van der Waals surface area contributed by atoms with Crippen LogP contribution < -0.4 is 0 Å². The van der Waals surface area contributed by atoms with E-state index in [2.05, 4.69) is 29.0 Å². The van der Waals surface area contributed by atoms with Gasteiger partial charge in [0.2, 0.25) is 0 Å². The van der Waals surface area contributed by atoms with Gasteiger partial charge < -0.3 is 0 Å². The van der Waals surface area contributed by atoms with Crippen LogP contribution in [0.5, 0.6) is 0 Å². The van der Waals surface area contributed by atoms with Gasteiger partial charge in [-0.05, 0) is 40.8 Å². The molecule has 0 N–H and O–H groups in total. The number of thiophene rings is 1. The Kier molecular flexibility index (Phi) is 2.33. The van der Waals surface area contributed by atoms with E-state index in [0.717, 1.165) is 17.9 Å². The zero-order chi connectivity index (χ0) is 8.39. The molecule has 1 heterocycles. The van der Waals surface area contributed by atoms with Crippen molar-refractivity contribution in [2.24, 2.45) is 0 Å². The summed E-state index contributed by atoms with van der Waals surface area (Å²) in [7, 11) is 0. The molecule has 1 aromatic heterocycles. The lowest BCUT2D eigenvalue weighted by Crippen LogP contribution is -1.87. The Labute approximate surface area is 81.2 Å². The maximum absolute atomic E-state index is 6.07. The topological polar surface area (TPSA) is 0 Å². The molecule has 12 heavy (non-hydrogen) atoms. The number of hydrogen-bond acceptors (Lipinski definition) is 1. The molecule has 0 aliphatic heterocycles. The van der Waals surface area contributed by atoms with Crippen molar-refractivity contribution in [2.75, 3.05) is 0 Å². The van der Waals surface area contributed by atoms with Crippen LogP contribution in [0, 0.1) is 0 Å².